The van der Waals surface area contributed by atoms with Gasteiger partial charge in [-0.3, -0.25) is 0 Å². The summed E-state index contributed by atoms with van der Waals surface area (Å²) in [7, 11) is 0. The fourth-order valence-electron chi connectivity index (χ4n) is 2.99. The highest BCUT2D eigenvalue weighted by atomic mass is 35.5. The molecule has 0 atom stereocenters. The van der Waals surface area contributed by atoms with E-state index in [0.29, 0.717) is 22.1 Å². The second-order valence-electron chi connectivity index (χ2n) is 6.35. The van der Waals surface area contributed by atoms with Crippen molar-refractivity contribution < 1.29 is 4.39 Å². The molecule has 1 heterocycles. The molecule has 0 N–H and O–H groups in total. The highest BCUT2D eigenvalue weighted by Gasteiger charge is 2.12. The van der Waals surface area contributed by atoms with Crippen LogP contribution in [0.5, 0.6) is 0 Å². The summed E-state index contributed by atoms with van der Waals surface area (Å²) in [6.07, 6.45) is 0. The molecule has 0 aliphatic carbocycles. The molecule has 0 unspecified atom stereocenters. The Morgan fingerprint density at radius 1 is 0.808 bits per heavy atom. The molecule has 0 radical (unpaired) electrons. The summed E-state index contributed by atoms with van der Waals surface area (Å²) >= 11 is 6.36. The summed E-state index contributed by atoms with van der Waals surface area (Å²) in [5.74, 6) is 0.109. The van der Waals surface area contributed by atoms with Crippen molar-refractivity contribution in [2.45, 2.75) is 13.8 Å². The van der Waals surface area contributed by atoms with Gasteiger partial charge in [0.15, 0.2) is 5.82 Å². The molecule has 4 rings (SSSR count). The summed E-state index contributed by atoms with van der Waals surface area (Å²) in [5.41, 5.74) is 5.01. The van der Waals surface area contributed by atoms with E-state index in [4.69, 9.17) is 11.6 Å². The topological polar surface area (TPSA) is 25.8 Å². The Morgan fingerprint density at radius 2 is 1.54 bits per heavy atom. The van der Waals surface area contributed by atoms with E-state index in [1.165, 1.54) is 6.07 Å². The van der Waals surface area contributed by atoms with Crippen LogP contribution >= 0.6 is 11.6 Å². The first-order valence-corrected chi connectivity index (χ1v) is 8.70. The van der Waals surface area contributed by atoms with Crippen LogP contribution in [0, 0.1) is 19.7 Å². The number of hydrogen-bond donors (Lipinski definition) is 0. The second kappa shape index (κ2) is 6.50. The lowest BCUT2D eigenvalue weighted by molar-refractivity contribution is 0.631. The lowest BCUT2D eigenvalue weighted by atomic mass is 10.0. The number of rotatable bonds is 2. The van der Waals surface area contributed by atoms with Crippen LogP contribution in [0.3, 0.4) is 0 Å². The molecule has 4 heteroatoms. The Morgan fingerprint density at radius 3 is 2.27 bits per heavy atom. The fourth-order valence-corrected chi connectivity index (χ4v) is 3.22. The third-order valence-electron chi connectivity index (χ3n) is 4.58. The first kappa shape index (κ1) is 16.7. The predicted octanol–water partition coefficient (Wildman–Crippen LogP) is 6.37. The van der Waals surface area contributed by atoms with Crippen LogP contribution < -0.4 is 0 Å². The summed E-state index contributed by atoms with van der Waals surface area (Å²) in [6.45, 7) is 4.05. The average Bonchev–Trinajstić information content (AvgIpc) is 2.64. The van der Waals surface area contributed by atoms with Gasteiger partial charge in [0.05, 0.1) is 5.52 Å². The third-order valence-corrected chi connectivity index (χ3v) is 4.86. The summed E-state index contributed by atoms with van der Waals surface area (Å²) < 4.78 is 14.7. The number of hydrogen-bond acceptors (Lipinski definition) is 2. The van der Waals surface area contributed by atoms with E-state index in [0.717, 1.165) is 27.6 Å². The van der Waals surface area contributed by atoms with Gasteiger partial charge in [-0.2, -0.15) is 0 Å². The third kappa shape index (κ3) is 2.95. The number of aryl methyl sites for hydroxylation is 2. The van der Waals surface area contributed by atoms with E-state index in [1.54, 1.807) is 6.07 Å². The zero-order valence-corrected chi connectivity index (χ0v) is 15.2. The lowest BCUT2D eigenvalue weighted by Gasteiger charge is -2.09. The molecule has 0 saturated heterocycles. The second-order valence-corrected chi connectivity index (χ2v) is 6.71. The molecule has 0 aliphatic rings. The van der Waals surface area contributed by atoms with Crippen LogP contribution in [0.15, 0.2) is 60.7 Å². The average molecular weight is 363 g/mol. The Balaban J connectivity index is 1.83. The number of fused-ring (bicyclic) bond motifs is 1. The molecule has 0 aliphatic heterocycles. The van der Waals surface area contributed by atoms with Crippen molar-refractivity contribution >= 4 is 22.5 Å². The van der Waals surface area contributed by atoms with Crippen molar-refractivity contribution in [3.63, 3.8) is 0 Å². The quantitative estimate of drug-likeness (QED) is 0.387. The smallest absolute Gasteiger partial charge is 0.161 e. The normalized spacial score (nSPS) is 11.1. The van der Waals surface area contributed by atoms with E-state index >= 15 is 0 Å². The van der Waals surface area contributed by atoms with E-state index in [9.17, 15) is 4.39 Å². The van der Waals surface area contributed by atoms with Gasteiger partial charge in [0.1, 0.15) is 11.0 Å². The van der Waals surface area contributed by atoms with Crippen molar-refractivity contribution in [3.8, 4) is 22.5 Å². The molecule has 0 spiro atoms. The zero-order chi connectivity index (χ0) is 18.3. The summed E-state index contributed by atoms with van der Waals surface area (Å²) in [4.78, 5) is 8.96. The molecule has 2 nitrogen and oxygen atoms in total. The molecule has 0 fully saturated rings. The van der Waals surface area contributed by atoms with Crippen LogP contribution in [0.25, 0.3) is 33.4 Å². The van der Waals surface area contributed by atoms with E-state index < -0.39 is 0 Å². The molecule has 1 aromatic heterocycles. The molecular formula is C22H16ClFN2. The Hall–Kier alpha value is -2.78. The molecule has 0 amide bonds. The predicted molar refractivity (Wildman–Crippen MR) is 105 cm³/mol. The van der Waals surface area contributed by atoms with Gasteiger partial charge in [-0.25, -0.2) is 14.4 Å². The number of benzene rings is 3. The highest BCUT2D eigenvalue weighted by molar-refractivity contribution is 6.34. The van der Waals surface area contributed by atoms with Gasteiger partial charge in [0, 0.05) is 16.5 Å². The minimum absolute atomic E-state index is 0.311. The first-order valence-electron chi connectivity index (χ1n) is 8.33. The van der Waals surface area contributed by atoms with Gasteiger partial charge in [-0.15, -0.1) is 0 Å². The van der Waals surface area contributed by atoms with E-state index in [1.807, 2.05) is 62.4 Å². The molecule has 4 aromatic rings. The molecule has 26 heavy (non-hydrogen) atoms. The highest BCUT2D eigenvalue weighted by Crippen LogP contribution is 2.30. The molecule has 0 saturated carbocycles. The number of aromatic nitrogens is 2. The number of halogens is 2. The van der Waals surface area contributed by atoms with Crippen molar-refractivity contribution in [2.75, 3.05) is 0 Å². The van der Waals surface area contributed by atoms with Crippen LogP contribution in [-0.2, 0) is 0 Å². The van der Waals surface area contributed by atoms with E-state index in [2.05, 4.69) is 9.97 Å². The van der Waals surface area contributed by atoms with Gasteiger partial charge in [-0.05, 0) is 48.7 Å². The SMILES string of the molecule is Cc1cc2nc(-c3ccc(-c4ccccc4)c(F)c3)nc(Cl)c2cc1C. The maximum Gasteiger partial charge on any atom is 0.161 e. The van der Waals surface area contributed by atoms with Gasteiger partial charge in [-0.1, -0.05) is 54.1 Å². The van der Waals surface area contributed by atoms with Crippen molar-refractivity contribution in [1.29, 1.82) is 0 Å². The minimum Gasteiger partial charge on any atom is -0.228 e. The van der Waals surface area contributed by atoms with Crippen molar-refractivity contribution in [1.82, 2.24) is 9.97 Å². The first-order chi connectivity index (χ1) is 12.5. The Bertz CT molecular complexity index is 1120. The van der Waals surface area contributed by atoms with Crippen molar-refractivity contribution in [3.05, 3.63) is 82.8 Å². The van der Waals surface area contributed by atoms with Gasteiger partial charge in [0.25, 0.3) is 0 Å². The van der Waals surface area contributed by atoms with E-state index in [-0.39, 0.29) is 5.82 Å². The van der Waals surface area contributed by atoms with Crippen LogP contribution in [0.2, 0.25) is 5.15 Å². The molecule has 3 aromatic carbocycles. The molecule has 128 valence electrons. The monoisotopic (exact) mass is 362 g/mol. The van der Waals surface area contributed by atoms with Crippen LogP contribution in [-0.4, -0.2) is 9.97 Å². The van der Waals surface area contributed by atoms with Crippen LogP contribution in [0.1, 0.15) is 11.1 Å². The lowest BCUT2D eigenvalue weighted by Crippen LogP contribution is -1.95. The fraction of sp³-hybridized carbons (Fsp3) is 0.0909. The largest absolute Gasteiger partial charge is 0.228 e. The Labute approximate surface area is 156 Å². The standard InChI is InChI=1S/C22H16ClFN2/c1-13-10-18-20(11-14(13)2)25-22(26-21(18)23)16-8-9-17(19(24)12-16)15-6-4-3-5-7-15/h3-12H,1-2H3. The van der Waals surface area contributed by atoms with Gasteiger partial charge in [0.2, 0.25) is 0 Å². The zero-order valence-electron chi connectivity index (χ0n) is 14.4. The van der Waals surface area contributed by atoms with Gasteiger partial charge >= 0.3 is 0 Å². The molecular weight excluding hydrogens is 347 g/mol. The van der Waals surface area contributed by atoms with Gasteiger partial charge < -0.3 is 0 Å². The maximum atomic E-state index is 14.7. The summed E-state index contributed by atoms with van der Waals surface area (Å²) in [5, 5.41) is 1.18. The molecule has 0 bridgehead atoms. The minimum atomic E-state index is -0.311. The summed E-state index contributed by atoms with van der Waals surface area (Å²) in [6, 6.07) is 18.4. The number of nitrogens with zero attached hydrogens (tertiary/aromatic N) is 2. The Kier molecular flexibility index (Phi) is 4.17. The van der Waals surface area contributed by atoms with Crippen LogP contribution in [0.4, 0.5) is 4.39 Å². The maximum absolute atomic E-state index is 14.7. The van der Waals surface area contributed by atoms with Crippen molar-refractivity contribution in [2.24, 2.45) is 0 Å².